The zero-order chi connectivity index (χ0) is 14.5. The van der Waals surface area contributed by atoms with Crippen molar-refractivity contribution < 1.29 is 9.47 Å². The van der Waals surface area contributed by atoms with Crippen molar-refractivity contribution in [3.05, 3.63) is 36.4 Å². The summed E-state index contributed by atoms with van der Waals surface area (Å²) in [4.78, 5) is 0. The fourth-order valence-corrected chi connectivity index (χ4v) is 2.13. The fraction of sp³-hybridized carbons (Fsp3) is 0.611. The molecule has 0 aliphatic heterocycles. The summed E-state index contributed by atoms with van der Waals surface area (Å²) in [7, 11) is 0. The van der Waals surface area contributed by atoms with Crippen LogP contribution in [0, 0.1) is 6.10 Å². The molecule has 0 saturated carbocycles. The van der Waals surface area contributed by atoms with Gasteiger partial charge in [0.1, 0.15) is 5.75 Å². The van der Waals surface area contributed by atoms with Crippen LogP contribution in [0.3, 0.4) is 0 Å². The molecular weight excluding hydrogens is 248 g/mol. The molecule has 1 rings (SSSR count). The molecule has 0 unspecified atom stereocenters. The number of ether oxygens (including phenoxy) is 2. The van der Waals surface area contributed by atoms with E-state index in [-0.39, 0.29) is 0 Å². The van der Waals surface area contributed by atoms with Gasteiger partial charge in [0.05, 0.1) is 6.61 Å². The topological polar surface area (TPSA) is 18.5 Å². The minimum Gasteiger partial charge on any atom is -0.481 e. The highest BCUT2D eigenvalue weighted by Crippen LogP contribution is 2.20. The average molecular weight is 277 g/mol. The molecule has 2 nitrogen and oxygen atoms in total. The molecule has 0 aromatic heterocycles. The summed E-state index contributed by atoms with van der Waals surface area (Å²) >= 11 is 0. The van der Waals surface area contributed by atoms with Crippen molar-refractivity contribution in [2.24, 2.45) is 0 Å². The van der Waals surface area contributed by atoms with Crippen LogP contribution in [0.2, 0.25) is 0 Å². The Labute approximate surface area is 124 Å². The van der Waals surface area contributed by atoms with Crippen LogP contribution in [0.25, 0.3) is 0 Å². The summed E-state index contributed by atoms with van der Waals surface area (Å²) in [5.41, 5.74) is 0. The summed E-state index contributed by atoms with van der Waals surface area (Å²) in [5.74, 6) is 0.910. The van der Waals surface area contributed by atoms with Crippen LogP contribution in [0.5, 0.6) is 5.75 Å². The van der Waals surface area contributed by atoms with Gasteiger partial charge in [0.2, 0.25) is 0 Å². The lowest BCUT2D eigenvalue weighted by molar-refractivity contribution is 0.106. The van der Waals surface area contributed by atoms with Crippen molar-refractivity contribution in [1.29, 1.82) is 0 Å². The first-order valence-electron chi connectivity index (χ1n) is 8.02. The number of para-hydroxylation sites is 1. The predicted molar refractivity (Wildman–Crippen MR) is 84.8 cm³/mol. The maximum absolute atomic E-state index is 5.94. The van der Waals surface area contributed by atoms with Crippen molar-refractivity contribution >= 4 is 0 Å². The molecule has 0 heterocycles. The minimum absolute atomic E-state index is 0.611. The Balaban J connectivity index is 2.25. The van der Waals surface area contributed by atoms with Crippen LogP contribution in [0.4, 0.5) is 0 Å². The Kier molecular flexibility index (Phi) is 10.0. The summed E-state index contributed by atoms with van der Waals surface area (Å²) in [6.45, 7) is 5.62. The molecule has 0 aliphatic rings. The summed E-state index contributed by atoms with van der Waals surface area (Å²) in [6, 6.07) is 9.99. The smallest absolute Gasteiger partial charge is 0.174 e. The second-order valence-electron chi connectivity index (χ2n) is 5.11. The summed E-state index contributed by atoms with van der Waals surface area (Å²) in [5, 5.41) is 0. The van der Waals surface area contributed by atoms with Crippen LogP contribution >= 0.6 is 0 Å². The summed E-state index contributed by atoms with van der Waals surface area (Å²) < 4.78 is 11.4. The van der Waals surface area contributed by atoms with E-state index in [2.05, 4.69) is 6.92 Å². The Hall–Kier alpha value is -1.02. The number of unbranched alkanes of at least 4 members (excludes halogenated alkanes) is 5. The van der Waals surface area contributed by atoms with Gasteiger partial charge in [0.25, 0.3) is 0 Å². The molecule has 0 amide bonds. The van der Waals surface area contributed by atoms with Gasteiger partial charge in [-0.05, 0) is 31.9 Å². The van der Waals surface area contributed by atoms with E-state index in [4.69, 9.17) is 9.47 Å². The number of hydrogen-bond acceptors (Lipinski definition) is 2. The van der Waals surface area contributed by atoms with E-state index in [9.17, 15) is 0 Å². The van der Waals surface area contributed by atoms with Gasteiger partial charge in [-0.2, -0.15) is 0 Å². The Morgan fingerprint density at radius 2 is 1.60 bits per heavy atom. The number of rotatable bonds is 12. The Morgan fingerprint density at radius 3 is 2.30 bits per heavy atom. The first-order valence-corrected chi connectivity index (χ1v) is 8.02. The maximum atomic E-state index is 5.94. The highest BCUT2D eigenvalue weighted by atomic mass is 16.5. The molecule has 1 aromatic carbocycles. The van der Waals surface area contributed by atoms with Crippen LogP contribution in [0.15, 0.2) is 30.3 Å². The maximum Gasteiger partial charge on any atom is 0.174 e. The van der Waals surface area contributed by atoms with Gasteiger partial charge in [-0.25, -0.2) is 0 Å². The third-order valence-corrected chi connectivity index (χ3v) is 3.28. The minimum atomic E-state index is 0.611. The van der Waals surface area contributed by atoms with Crippen LogP contribution in [-0.4, -0.2) is 13.2 Å². The highest BCUT2D eigenvalue weighted by Gasteiger charge is 2.12. The quantitative estimate of drug-likeness (QED) is 0.477. The second kappa shape index (κ2) is 11.8. The molecule has 0 saturated heterocycles. The van der Waals surface area contributed by atoms with Gasteiger partial charge in [0.15, 0.2) is 6.10 Å². The van der Waals surface area contributed by atoms with Crippen molar-refractivity contribution in [1.82, 2.24) is 0 Å². The molecule has 2 heteroatoms. The predicted octanol–water partition coefficient (Wildman–Crippen LogP) is 5.38. The molecular formula is C18H29O2. The molecule has 0 atom stereocenters. The van der Waals surface area contributed by atoms with E-state index < -0.39 is 0 Å². The van der Waals surface area contributed by atoms with Crippen LogP contribution in [0.1, 0.15) is 58.8 Å². The van der Waals surface area contributed by atoms with E-state index in [0.717, 1.165) is 24.9 Å². The average Bonchev–Trinajstić information content (AvgIpc) is 2.49. The van der Waals surface area contributed by atoms with Gasteiger partial charge in [-0.1, -0.05) is 57.2 Å². The summed E-state index contributed by atoms with van der Waals surface area (Å²) in [6.07, 6.45) is 9.88. The van der Waals surface area contributed by atoms with Crippen molar-refractivity contribution in [2.45, 2.75) is 58.8 Å². The molecule has 0 fully saturated rings. The van der Waals surface area contributed by atoms with Gasteiger partial charge < -0.3 is 9.47 Å². The van der Waals surface area contributed by atoms with Crippen LogP contribution < -0.4 is 4.74 Å². The molecule has 0 bridgehead atoms. The lowest BCUT2D eigenvalue weighted by atomic mass is 10.1. The largest absolute Gasteiger partial charge is 0.481 e. The van der Waals surface area contributed by atoms with Crippen molar-refractivity contribution in [2.75, 3.05) is 13.2 Å². The zero-order valence-corrected chi connectivity index (χ0v) is 13.1. The third kappa shape index (κ3) is 8.21. The first kappa shape index (κ1) is 17.0. The van der Waals surface area contributed by atoms with E-state index in [0.29, 0.717) is 6.61 Å². The monoisotopic (exact) mass is 277 g/mol. The number of benzene rings is 1. The zero-order valence-electron chi connectivity index (χ0n) is 13.1. The Bertz CT molecular complexity index is 310. The van der Waals surface area contributed by atoms with Gasteiger partial charge in [-0.15, -0.1) is 0 Å². The molecule has 1 aromatic rings. The van der Waals surface area contributed by atoms with Gasteiger partial charge in [-0.3, -0.25) is 0 Å². The molecule has 113 valence electrons. The van der Waals surface area contributed by atoms with E-state index in [1.165, 1.54) is 38.5 Å². The molecule has 0 spiro atoms. The van der Waals surface area contributed by atoms with Gasteiger partial charge >= 0.3 is 0 Å². The molecule has 0 N–H and O–H groups in total. The lowest BCUT2D eigenvalue weighted by Crippen LogP contribution is -2.14. The second-order valence-corrected chi connectivity index (χ2v) is 5.11. The van der Waals surface area contributed by atoms with Crippen molar-refractivity contribution in [3.63, 3.8) is 0 Å². The van der Waals surface area contributed by atoms with E-state index >= 15 is 0 Å². The molecule has 1 radical (unpaired) electrons. The van der Waals surface area contributed by atoms with E-state index in [1.807, 2.05) is 37.3 Å². The first-order chi connectivity index (χ1) is 9.86. The highest BCUT2D eigenvalue weighted by molar-refractivity contribution is 5.22. The SMILES string of the molecule is CCCCCCCC[C](COCC)Oc1ccccc1. The fourth-order valence-electron chi connectivity index (χ4n) is 2.13. The molecule has 20 heavy (non-hydrogen) atoms. The standard InChI is InChI=1S/C18H29O2/c1-3-5-6-7-8-10-15-18(16-19-4-2)20-17-13-11-9-12-14-17/h9,11-14H,3-8,10,15-16H2,1-2H3. The number of hydrogen-bond donors (Lipinski definition) is 0. The van der Waals surface area contributed by atoms with Crippen molar-refractivity contribution in [3.8, 4) is 5.75 Å². The Morgan fingerprint density at radius 1 is 0.900 bits per heavy atom. The van der Waals surface area contributed by atoms with Gasteiger partial charge in [0, 0.05) is 6.61 Å². The van der Waals surface area contributed by atoms with Crippen LogP contribution in [-0.2, 0) is 4.74 Å². The third-order valence-electron chi connectivity index (χ3n) is 3.28. The van der Waals surface area contributed by atoms with E-state index in [1.54, 1.807) is 0 Å². The normalized spacial score (nSPS) is 10.9. The lowest BCUT2D eigenvalue weighted by Gasteiger charge is -2.17. The molecule has 0 aliphatic carbocycles.